The highest BCUT2D eigenvalue weighted by molar-refractivity contribution is 6.28. The summed E-state index contributed by atoms with van der Waals surface area (Å²) >= 11 is 11.8. The first-order chi connectivity index (χ1) is 8.70. The van der Waals surface area contributed by atoms with Gasteiger partial charge < -0.3 is 4.74 Å². The van der Waals surface area contributed by atoms with E-state index in [1.165, 1.54) is 0 Å². The lowest BCUT2D eigenvalue weighted by Crippen LogP contribution is -2.30. The minimum absolute atomic E-state index is 0.200. The smallest absolute Gasteiger partial charge is 0.173 e. The van der Waals surface area contributed by atoms with Gasteiger partial charge in [-0.25, -0.2) is 0 Å². The predicted molar refractivity (Wildman–Crippen MR) is 73.6 cm³/mol. The number of ketones is 1. The van der Waals surface area contributed by atoms with E-state index >= 15 is 0 Å². The maximum absolute atomic E-state index is 11.7. The van der Waals surface area contributed by atoms with Crippen LogP contribution in [0.25, 0.3) is 0 Å². The summed E-state index contributed by atoms with van der Waals surface area (Å²) in [6, 6.07) is 7.50. The Kier molecular flexibility index (Phi) is 4.90. The topological polar surface area (TPSA) is 26.3 Å². The van der Waals surface area contributed by atoms with Gasteiger partial charge in [0.25, 0.3) is 0 Å². The van der Waals surface area contributed by atoms with E-state index in [2.05, 4.69) is 0 Å². The molecule has 0 heterocycles. The molecule has 1 aromatic carbocycles. The van der Waals surface area contributed by atoms with Crippen molar-refractivity contribution in [1.82, 2.24) is 0 Å². The van der Waals surface area contributed by atoms with Crippen molar-refractivity contribution < 1.29 is 9.53 Å². The fourth-order valence-electron chi connectivity index (χ4n) is 2.11. The maximum atomic E-state index is 11.7. The largest absolute Gasteiger partial charge is 0.483 e. The Morgan fingerprint density at radius 3 is 2.94 bits per heavy atom. The van der Waals surface area contributed by atoms with Crippen LogP contribution in [-0.4, -0.2) is 17.8 Å². The Morgan fingerprint density at radius 1 is 1.39 bits per heavy atom. The molecule has 2 unspecified atom stereocenters. The van der Waals surface area contributed by atoms with Gasteiger partial charge in [-0.15, -0.1) is 23.2 Å². The zero-order valence-corrected chi connectivity index (χ0v) is 11.6. The van der Waals surface area contributed by atoms with Gasteiger partial charge in [0.15, 0.2) is 11.9 Å². The van der Waals surface area contributed by atoms with E-state index in [1.807, 2.05) is 24.3 Å². The second-order valence-corrected chi connectivity index (χ2v) is 5.35. The molecule has 0 bridgehead atoms. The molecule has 0 saturated heterocycles. The van der Waals surface area contributed by atoms with Crippen LogP contribution in [0.5, 0.6) is 5.75 Å². The van der Waals surface area contributed by atoms with Crippen LogP contribution in [0.3, 0.4) is 0 Å². The zero-order chi connectivity index (χ0) is 13.0. The summed E-state index contributed by atoms with van der Waals surface area (Å²) in [6.07, 6.45) is 3.18. The van der Waals surface area contributed by atoms with Crippen LogP contribution >= 0.6 is 23.2 Å². The number of benzene rings is 1. The normalized spacial score (nSPS) is 21.7. The fourth-order valence-corrected chi connectivity index (χ4v) is 2.43. The van der Waals surface area contributed by atoms with E-state index in [0.29, 0.717) is 18.1 Å². The van der Waals surface area contributed by atoms with Gasteiger partial charge >= 0.3 is 0 Å². The van der Waals surface area contributed by atoms with Crippen molar-refractivity contribution in [3.05, 3.63) is 29.8 Å². The molecule has 0 aliphatic heterocycles. The van der Waals surface area contributed by atoms with Crippen LogP contribution in [0.2, 0.25) is 0 Å². The molecule has 0 aromatic heterocycles. The summed E-state index contributed by atoms with van der Waals surface area (Å²) in [5, 5.41) is -0.225. The zero-order valence-electron chi connectivity index (χ0n) is 10.1. The van der Waals surface area contributed by atoms with Crippen molar-refractivity contribution in [2.75, 3.05) is 5.88 Å². The van der Waals surface area contributed by atoms with Gasteiger partial charge in [0, 0.05) is 12.3 Å². The SMILES string of the molecule is O=C1CCCCC1Oc1cccc(C(Cl)CCl)c1. The number of halogens is 2. The Balaban J connectivity index is 2.06. The summed E-state index contributed by atoms with van der Waals surface area (Å²) < 4.78 is 5.75. The number of carbonyl (C=O) groups is 1. The van der Waals surface area contributed by atoms with Crippen molar-refractivity contribution in [3.63, 3.8) is 0 Å². The molecule has 18 heavy (non-hydrogen) atoms. The first kappa shape index (κ1) is 13.7. The molecule has 4 heteroatoms. The molecular weight excluding hydrogens is 271 g/mol. The van der Waals surface area contributed by atoms with Gasteiger partial charge in [-0.2, -0.15) is 0 Å². The van der Waals surface area contributed by atoms with Crippen LogP contribution in [0.4, 0.5) is 0 Å². The number of hydrogen-bond acceptors (Lipinski definition) is 2. The molecule has 2 nitrogen and oxygen atoms in total. The Labute approximate surface area is 117 Å². The highest BCUT2D eigenvalue weighted by Gasteiger charge is 2.23. The second-order valence-electron chi connectivity index (χ2n) is 4.51. The third-order valence-electron chi connectivity index (χ3n) is 3.13. The Morgan fingerprint density at radius 2 is 2.22 bits per heavy atom. The molecule has 98 valence electrons. The van der Waals surface area contributed by atoms with Crippen LogP contribution in [0.15, 0.2) is 24.3 Å². The van der Waals surface area contributed by atoms with Gasteiger partial charge in [0.05, 0.1) is 5.38 Å². The molecule has 1 aliphatic rings. The quantitative estimate of drug-likeness (QED) is 0.779. The van der Waals surface area contributed by atoms with E-state index < -0.39 is 0 Å². The molecule has 2 atom stereocenters. The molecule has 0 spiro atoms. The number of rotatable bonds is 4. The van der Waals surface area contributed by atoms with Gasteiger partial charge in [0.1, 0.15) is 5.75 Å². The molecule has 1 fully saturated rings. The lowest BCUT2D eigenvalue weighted by Gasteiger charge is -2.22. The van der Waals surface area contributed by atoms with Gasteiger partial charge in [-0.05, 0) is 37.0 Å². The first-order valence-corrected chi connectivity index (χ1v) is 7.17. The van der Waals surface area contributed by atoms with Crippen LogP contribution in [0, 0.1) is 0 Å². The standard InChI is InChI=1S/C14H16Cl2O2/c15-9-12(16)10-4-3-5-11(8-10)18-14-7-2-1-6-13(14)17/h3-5,8,12,14H,1-2,6-7,9H2. The van der Waals surface area contributed by atoms with Gasteiger partial charge in [-0.1, -0.05) is 12.1 Å². The van der Waals surface area contributed by atoms with E-state index in [9.17, 15) is 4.79 Å². The predicted octanol–water partition coefficient (Wildman–Crippen LogP) is 4.10. The molecule has 2 rings (SSSR count). The minimum atomic E-state index is -0.293. The summed E-state index contributed by atoms with van der Waals surface area (Å²) in [4.78, 5) is 11.7. The Bertz CT molecular complexity index is 420. The molecular formula is C14H16Cl2O2. The van der Waals surface area contributed by atoms with E-state index in [4.69, 9.17) is 27.9 Å². The average molecular weight is 287 g/mol. The maximum Gasteiger partial charge on any atom is 0.173 e. The summed E-state index contributed by atoms with van der Waals surface area (Å²) in [5.74, 6) is 1.25. The molecule has 0 amide bonds. The van der Waals surface area contributed by atoms with Gasteiger partial charge in [0.2, 0.25) is 0 Å². The number of hydrogen-bond donors (Lipinski definition) is 0. The molecule has 1 saturated carbocycles. The Hall–Kier alpha value is -0.730. The number of carbonyl (C=O) groups excluding carboxylic acids is 1. The molecule has 0 radical (unpaired) electrons. The van der Waals surface area contributed by atoms with Crippen molar-refractivity contribution in [1.29, 1.82) is 0 Å². The monoisotopic (exact) mass is 286 g/mol. The first-order valence-electron chi connectivity index (χ1n) is 6.20. The highest BCUT2D eigenvalue weighted by atomic mass is 35.5. The number of alkyl halides is 2. The van der Waals surface area contributed by atoms with Crippen LogP contribution in [-0.2, 0) is 4.79 Å². The van der Waals surface area contributed by atoms with Crippen LogP contribution in [0.1, 0.15) is 36.6 Å². The summed E-state index contributed by atoms with van der Waals surface area (Å²) in [6.45, 7) is 0. The summed E-state index contributed by atoms with van der Waals surface area (Å²) in [5.41, 5.74) is 0.924. The number of Topliss-reactive ketones (excluding diaryl/α,β-unsaturated/α-hetero) is 1. The third-order valence-corrected chi connectivity index (χ3v) is 4.01. The van der Waals surface area contributed by atoms with Crippen molar-refractivity contribution in [2.45, 2.75) is 37.2 Å². The fraction of sp³-hybridized carbons (Fsp3) is 0.500. The van der Waals surface area contributed by atoms with E-state index in [-0.39, 0.29) is 17.3 Å². The van der Waals surface area contributed by atoms with Crippen LogP contribution < -0.4 is 4.74 Å². The van der Waals surface area contributed by atoms with Gasteiger partial charge in [-0.3, -0.25) is 4.79 Å². The van der Waals surface area contributed by atoms with Crippen molar-refractivity contribution in [3.8, 4) is 5.75 Å². The lowest BCUT2D eigenvalue weighted by atomic mass is 9.96. The molecule has 1 aromatic rings. The highest BCUT2D eigenvalue weighted by Crippen LogP contribution is 2.27. The summed E-state index contributed by atoms with van der Waals surface area (Å²) in [7, 11) is 0. The van der Waals surface area contributed by atoms with E-state index in [0.717, 1.165) is 24.8 Å². The lowest BCUT2D eigenvalue weighted by molar-refractivity contribution is -0.127. The van der Waals surface area contributed by atoms with Crippen molar-refractivity contribution in [2.24, 2.45) is 0 Å². The average Bonchev–Trinajstić information content (AvgIpc) is 2.41. The molecule has 1 aliphatic carbocycles. The number of ether oxygens (including phenoxy) is 1. The third kappa shape index (κ3) is 3.39. The second kappa shape index (κ2) is 6.44. The molecule has 0 N–H and O–H groups in total. The van der Waals surface area contributed by atoms with E-state index in [1.54, 1.807) is 0 Å². The minimum Gasteiger partial charge on any atom is -0.483 e. The van der Waals surface area contributed by atoms with Crippen molar-refractivity contribution >= 4 is 29.0 Å².